The first-order chi connectivity index (χ1) is 9.11. The minimum atomic E-state index is 0.202. The Morgan fingerprint density at radius 3 is 2.79 bits per heavy atom. The summed E-state index contributed by atoms with van der Waals surface area (Å²) in [6, 6.07) is 0. The van der Waals surface area contributed by atoms with Crippen LogP contribution in [0, 0.1) is 5.41 Å². The van der Waals surface area contributed by atoms with Gasteiger partial charge in [-0.3, -0.25) is 5.10 Å². The van der Waals surface area contributed by atoms with Crippen LogP contribution in [0.2, 0.25) is 0 Å². The summed E-state index contributed by atoms with van der Waals surface area (Å²) in [5, 5.41) is 7.52. The second kappa shape index (κ2) is 5.90. The van der Waals surface area contributed by atoms with Crippen molar-refractivity contribution in [3.63, 3.8) is 0 Å². The highest BCUT2D eigenvalue weighted by Crippen LogP contribution is 2.30. The van der Waals surface area contributed by atoms with E-state index >= 15 is 0 Å². The number of nitrogens with zero attached hydrogens (tertiary/aromatic N) is 3. The normalized spacial score (nSPS) is 24.2. The molecule has 0 amide bonds. The van der Waals surface area contributed by atoms with Gasteiger partial charge in [0.1, 0.15) is 5.82 Å². The summed E-state index contributed by atoms with van der Waals surface area (Å²) < 4.78 is 0. The summed E-state index contributed by atoms with van der Waals surface area (Å²) >= 11 is 0. The Balaban J connectivity index is 2.10. The van der Waals surface area contributed by atoms with E-state index in [0.29, 0.717) is 5.92 Å². The lowest BCUT2D eigenvalue weighted by atomic mass is 9.82. The van der Waals surface area contributed by atoms with E-state index in [4.69, 9.17) is 10.7 Å². The molecule has 3 N–H and O–H groups in total. The van der Waals surface area contributed by atoms with Gasteiger partial charge in [-0.1, -0.05) is 20.8 Å². The summed E-state index contributed by atoms with van der Waals surface area (Å²) in [6.45, 7) is 9.38. The number of rotatable bonds is 5. The average molecular weight is 265 g/mol. The maximum absolute atomic E-state index is 5.90. The predicted octanol–water partition coefficient (Wildman–Crippen LogP) is 2.27. The quantitative estimate of drug-likeness (QED) is 0.857. The summed E-state index contributed by atoms with van der Waals surface area (Å²) in [5.74, 6) is 2.37. The molecule has 0 saturated carbocycles. The van der Waals surface area contributed by atoms with Crippen LogP contribution < -0.4 is 10.6 Å². The van der Waals surface area contributed by atoms with Gasteiger partial charge in [0.15, 0.2) is 0 Å². The van der Waals surface area contributed by atoms with Crippen molar-refractivity contribution in [2.24, 2.45) is 11.1 Å². The first kappa shape index (κ1) is 14.3. The van der Waals surface area contributed by atoms with Gasteiger partial charge in [0.05, 0.1) is 0 Å². The number of aromatic nitrogens is 3. The lowest BCUT2D eigenvalue weighted by Gasteiger charge is -2.39. The first-order valence-corrected chi connectivity index (χ1v) is 7.49. The Morgan fingerprint density at radius 2 is 2.16 bits per heavy atom. The lowest BCUT2D eigenvalue weighted by Crippen LogP contribution is -2.46. The Kier molecular flexibility index (Phi) is 4.45. The van der Waals surface area contributed by atoms with Crippen LogP contribution in [0.1, 0.15) is 58.2 Å². The zero-order valence-corrected chi connectivity index (χ0v) is 12.4. The number of aromatic amines is 1. The molecule has 0 aliphatic carbocycles. The second-order valence-corrected chi connectivity index (χ2v) is 6.07. The topological polar surface area (TPSA) is 70.8 Å². The van der Waals surface area contributed by atoms with E-state index in [2.05, 4.69) is 35.9 Å². The van der Waals surface area contributed by atoms with E-state index in [-0.39, 0.29) is 5.41 Å². The maximum atomic E-state index is 5.90. The molecule has 2 heterocycles. The van der Waals surface area contributed by atoms with Crippen LogP contribution in [-0.4, -0.2) is 34.8 Å². The Hall–Kier alpha value is -1.10. The fourth-order valence-corrected chi connectivity index (χ4v) is 2.92. The van der Waals surface area contributed by atoms with Gasteiger partial charge in [-0.15, -0.1) is 5.10 Å². The van der Waals surface area contributed by atoms with E-state index < -0.39 is 0 Å². The van der Waals surface area contributed by atoms with Crippen molar-refractivity contribution in [3.05, 3.63) is 5.82 Å². The maximum Gasteiger partial charge on any atom is 0.244 e. The van der Waals surface area contributed by atoms with Crippen LogP contribution >= 0.6 is 0 Å². The minimum Gasteiger partial charge on any atom is -0.339 e. The van der Waals surface area contributed by atoms with Gasteiger partial charge < -0.3 is 10.6 Å². The fraction of sp³-hybridized carbons (Fsp3) is 0.857. The molecule has 1 aromatic heterocycles. The number of nitrogens with one attached hydrogen (secondary N) is 1. The number of piperidine rings is 1. The number of nitrogens with two attached hydrogens (primary N) is 1. The molecule has 5 heteroatoms. The van der Waals surface area contributed by atoms with E-state index in [0.717, 1.165) is 44.2 Å². The Morgan fingerprint density at radius 1 is 1.42 bits per heavy atom. The smallest absolute Gasteiger partial charge is 0.244 e. The molecule has 1 saturated heterocycles. The van der Waals surface area contributed by atoms with Crippen LogP contribution in [-0.2, 0) is 0 Å². The zero-order valence-electron chi connectivity index (χ0n) is 12.4. The molecule has 1 atom stereocenters. The fourth-order valence-electron chi connectivity index (χ4n) is 2.92. The molecule has 108 valence electrons. The van der Waals surface area contributed by atoms with Gasteiger partial charge in [-0.2, -0.15) is 4.98 Å². The molecule has 1 aromatic rings. The summed E-state index contributed by atoms with van der Waals surface area (Å²) in [5.41, 5.74) is 6.10. The van der Waals surface area contributed by atoms with Gasteiger partial charge in [-0.25, -0.2) is 0 Å². The van der Waals surface area contributed by atoms with E-state index in [1.165, 1.54) is 12.8 Å². The van der Waals surface area contributed by atoms with E-state index in [1.54, 1.807) is 0 Å². The van der Waals surface area contributed by atoms with Gasteiger partial charge >= 0.3 is 0 Å². The van der Waals surface area contributed by atoms with Crippen molar-refractivity contribution in [2.45, 2.75) is 52.4 Å². The molecular weight excluding hydrogens is 238 g/mol. The van der Waals surface area contributed by atoms with Crippen molar-refractivity contribution in [2.75, 3.05) is 24.5 Å². The van der Waals surface area contributed by atoms with Crippen molar-refractivity contribution < 1.29 is 0 Å². The van der Waals surface area contributed by atoms with Gasteiger partial charge in [0.25, 0.3) is 0 Å². The van der Waals surface area contributed by atoms with E-state index in [9.17, 15) is 0 Å². The monoisotopic (exact) mass is 265 g/mol. The molecule has 0 radical (unpaired) electrons. The Bertz CT molecular complexity index is 398. The number of hydrogen-bond acceptors (Lipinski definition) is 4. The second-order valence-electron chi connectivity index (χ2n) is 6.07. The van der Waals surface area contributed by atoms with Crippen molar-refractivity contribution in [3.8, 4) is 0 Å². The van der Waals surface area contributed by atoms with Crippen molar-refractivity contribution in [1.29, 1.82) is 0 Å². The third-order valence-electron chi connectivity index (χ3n) is 4.42. The van der Waals surface area contributed by atoms with Crippen LogP contribution in [0.25, 0.3) is 0 Å². The summed E-state index contributed by atoms with van der Waals surface area (Å²) in [6.07, 6.45) is 4.57. The molecule has 0 aromatic carbocycles. The van der Waals surface area contributed by atoms with Crippen LogP contribution in [0.3, 0.4) is 0 Å². The van der Waals surface area contributed by atoms with Gasteiger partial charge in [0.2, 0.25) is 5.95 Å². The summed E-state index contributed by atoms with van der Waals surface area (Å²) in [7, 11) is 0. The van der Waals surface area contributed by atoms with Crippen molar-refractivity contribution >= 4 is 5.95 Å². The molecule has 2 rings (SSSR count). The molecule has 19 heavy (non-hydrogen) atoms. The molecule has 0 spiro atoms. The molecule has 5 nitrogen and oxygen atoms in total. The molecule has 1 fully saturated rings. The lowest BCUT2D eigenvalue weighted by molar-refractivity contribution is 0.270. The highest BCUT2D eigenvalue weighted by molar-refractivity contribution is 5.31. The molecule has 1 unspecified atom stereocenters. The van der Waals surface area contributed by atoms with Gasteiger partial charge in [0, 0.05) is 19.0 Å². The number of hydrogen-bond donors (Lipinski definition) is 2. The van der Waals surface area contributed by atoms with Crippen LogP contribution in [0.5, 0.6) is 0 Å². The largest absolute Gasteiger partial charge is 0.339 e. The minimum absolute atomic E-state index is 0.202. The molecule has 0 bridgehead atoms. The van der Waals surface area contributed by atoms with Gasteiger partial charge in [-0.05, 0) is 37.6 Å². The number of anilines is 1. The third kappa shape index (κ3) is 3.08. The highest BCUT2D eigenvalue weighted by atomic mass is 15.4. The molecular formula is C14H27N5. The third-order valence-corrected chi connectivity index (χ3v) is 4.42. The first-order valence-electron chi connectivity index (χ1n) is 7.49. The molecule has 1 aliphatic rings. The SMILES string of the molecule is CCC(CC)c1nc(N2CCCC(C)(CN)C2)n[nH]1. The summed E-state index contributed by atoms with van der Waals surface area (Å²) in [4.78, 5) is 6.97. The van der Waals surface area contributed by atoms with Crippen molar-refractivity contribution in [1.82, 2.24) is 15.2 Å². The average Bonchev–Trinajstić information content (AvgIpc) is 2.90. The zero-order chi connectivity index (χ0) is 13.9. The Labute approximate surface area is 116 Å². The van der Waals surface area contributed by atoms with Crippen LogP contribution in [0.4, 0.5) is 5.95 Å². The van der Waals surface area contributed by atoms with E-state index in [1.807, 2.05) is 0 Å². The standard InChI is InChI=1S/C14H27N5/c1-4-11(5-2)12-16-13(18-17-12)19-8-6-7-14(3,9-15)10-19/h11H,4-10,15H2,1-3H3,(H,16,17,18). The number of H-pyrrole nitrogens is 1. The highest BCUT2D eigenvalue weighted by Gasteiger charge is 2.31. The van der Waals surface area contributed by atoms with Crippen LogP contribution in [0.15, 0.2) is 0 Å². The predicted molar refractivity (Wildman–Crippen MR) is 78.3 cm³/mol. The molecule has 1 aliphatic heterocycles.